The lowest BCUT2D eigenvalue weighted by Crippen LogP contribution is -2.28. The summed E-state index contributed by atoms with van der Waals surface area (Å²) in [5.41, 5.74) is 0. The van der Waals surface area contributed by atoms with E-state index in [4.69, 9.17) is 0 Å². The molecule has 1 aliphatic rings. The van der Waals surface area contributed by atoms with Crippen LogP contribution in [0.2, 0.25) is 0 Å². The number of hydrogen-bond acceptors (Lipinski definition) is 2. The molecule has 1 nitrogen and oxygen atoms in total. The van der Waals surface area contributed by atoms with Crippen molar-refractivity contribution < 1.29 is 13.9 Å². The zero-order valence-corrected chi connectivity index (χ0v) is 14.8. The molecule has 0 radical (unpaired) electrons. The number of aliphatic hydroxyl groups excluding tert-OH is 1. The Balaban J connectivity index is 0.00000200. The maximum atomic E-state index is 13.1. The lowest BCUT2D eigenvalue weighted by molar-refractivity contribution is -0.0535. The summed E-state index contributed by atoms with van der Waals surface area (Å²) in [4.78, 5) is 0.938. The third-order valence-corrected chi connectivity index (χ3v) is 6.08. The molecule has 6 heteroatoms. The first-order valence-corrected chi connectivity index (χ1v) is 8.35. The Labute approximate surface area is 138 Å². The summed E-state index contributed by atoms with van der Waals surface area (Å²) >= 11 is 4.95. The Morgan fingerprint density at radius 3 is 2.55 bits per heavy atom. The van der Waals surface area contributed by atoms with E-state index in [9.17, 15) is 13.9 Å². The molecule has 2 atom stereocenters. The first-order chi connectivity index (χ1) is 8.89. The van der Waals surface area contributed by atoms with Crippen molar-refractivity contribution in [1.29, 1.82) is 0 Å². The van der Waals surface area contributed by atoms with Crippen molar-refractivity contribution in [2.75, 3.05) is 0 Å². The fourth-order valence-corrected chi connectivity index (χ4v) is 4.46. The van der Waals surface area contributed by atoms with Crippen molar-refractivity contribution in [2.24, 2.45) is 11.8 Å². The molecule has 1 unspecified atom stereocenters. The van der Waals surface area contributed by atoms with Crippen LogP contribution >= 0.6 is 40.8 Å². The smallest absolute Gasteiger partial charge is 0.248 e. The fraction of sp³-hybridized carbons (Fsp3) is 0.714. The topological polar surface area (TPSA) is 20.2 Å². The first-order valence-electron chi connectivity index (χ1n) is 6.68. The standard InChI is InChI=1S/C14H19BrF2OS.H2S/c1-9(10-2-5-14(16,17)6-3-10)8-12(18)13-11(15)4-7-19-13;/h4,7,9-10,12,18H,2-3,5-6,8H2,1H3;1H2/t9-,12?;/m0./s1. The molecule has 1 aromatic rings. The second-order valence-electron chi connectivity index (χ2n) is 5.55. The van der Waals surface area contributed by atoms with Crippen molar-refractivity contribution in [2.45, 2.75) is 51.1 Å². The van der Waals surface area contributed by atoms with Crippen LogP contribution in [-0.4, -0.2) is 11.0 Å². The molecule has 0 spiro atoms. The van der Waals surface area contributed by atoms with E-state index in [2.05, 4.69) is 22.9 Å². The zero-order valence-electron chi connectivity index (χ0n) is 11.4. The monoisotopic (exact) mass is 386 g/mol. The second-order valence-corrected chi connectivity index (χ2v) is 7.36. The van der Waals surface area contributed by atoms with Gasteiger partial charge in [0, 0.05) is 22.2 Å². The highest BCUT2D eigenvalue weighted by Crippen LogP contribution is 2.42. The molecule has 1 aromatic heterocycles. The summed E-state index contributed by atoms with van der Waals surface area (Å²) < 4.78 is 27.2. The van der Waals surface area contributed by atoms with Gasteiger partial charge in [-0.1, -0.05) is 6.92 Å². The van der Waals surface area contributed by atoms with Crippen molar-refractivity contribution in [1.82, 2.24) is 0 Å². The Kier molecular flexibility index (Phi) is 6.96. The summed E-state index contributed by atoms with van der Waals surface area (Å²) in [6, 6.07) is 1.93. The van der Waals surface area contributed by atoms with Gasteiger partial charge in [0.1, 0.15) is 0 Å². The minimum atomic E-state index is -2.47. The average Bonchev–Trinajstić information content (AvgIpc) is 2.75. The molecule has 20 heavy (non-hydrogen) atoms. The van der Waals surface area contributed by atoms with E-state index in [0.29, 0.717) is 25.2 Å². The van der Waals surface area contributed by atoms with Gasteiger partial charge >= 0.3 is 0 Å². The summed E-state index contributed by atoms with van der Waals surface area (Å²) in [5, 5.41) is 12.2. The Morgan fingerprint density at radius 2 is 2.05 bits per heavy atom. The number of halogens is 3. The van der Waals surface area contributed by atoms with Crippen LogP contribution in [-0.2, 0) is 0 Å². The molecule has 1 N–H and O–H groups in total. The Bertz CT molecular complexity index is 415. The molecular formula is C14H21BrF2OS2. The average molecular weight is 387 g/mol. The van der Waals surface area contributed by atoms with E-state index >= 15 is 0 Å². The van der Waals surface area contributed by atoms with Gasteiger partial charge in [0.2, 0.25) is 5.92 Å². The van der Waals surface area contributed by atoms with E-state index in [1.54, 1.807) is 0 Å². The molecule has 0 bridgehead atoms. The van der Waals surface area contributed by atoms with Crippen LogP contribution in [0.15, 0.2) is 15.9 Å². The van der Waals surface area contributed by atoms with Crippen LogP contribution in [0.1, 0.15) is 50.0 Å². The third kappa shape index (κ3) is 4.68. The zero-order chi connectivity index (χ0) is 14.0. The van der Waals surface area contributed by atoms with Gasteiger partial charge in [-0.15, -0.1) is 11.3 Å². The summed E-state index contributed by atoms with van der Waals surface area (Å²) in [5.74, 6) is -1.88. The molecule has 0 aromatic carbocycles. The Hall–Kier alpha value is 0.350. The molecule has 116 valence electrons. The van der Waals surface area contributed by atoms with Gasteiger partial charge in [0.05, 0.1) is 6.10 Å². The van der Waals surface area contributed by atoms with Crippen molar-refractivity contribution in [3.63, 3.8) is 0 Å². The molecule has 1 aliphatic carbocycles. The second kappa shape index (κ2) is 7.56. The molecule has 0 amide bonds. The quantitative estimate of drug-likeness (QED) is 0.723. The summed E-state index contributed by atoms with van der Waals surface area (Å²) in [6.07, 6.45) is 1.31. The van der Waals surface area contributed by atoms with Crippen molar-refractivity contribution in [3.05, 3.63) is 20.8 Å². The molecule has 1 saturated carbocycles. The summed E-state index contributed by atoms with van der Waals surface area (Å²) in [6.45, 7) is 2.07. The number of rotatable bonds is 4. The van der Waals surface area contributed by atoms with E-state index < -0.39 is 12.0 Å². The highest BCUT2D eigenvalue weighted by atomic mass is 79.9. The van der Waals surface area contributed by atoms with Gasteiger partial charge in [-0.2, -0.15) is 13.5 Å². The van der Waals surface area contributed by atoms with Crippen molar-refractivity contribution in [3.8, 4) is 0 Å². The fourth-order valence-electron chi connectivity index (χ4n) is 2.83. The van der Waals surface area contributed by atoms with Gasteiger partial charge < -0.3 is 5.11 Å². The SMILES string of the molecule is C[C@@H](CC(O)c1sccc1Br)C1CCC(F)(F)CC1.S. The van der Waals surface area contributed by atoms with Crippen LogP contribution < -0.4 is 0 Å². The van der Waals surface area contributed by atoms with Crippen molar-refractivity contribution >= 4 is 40.8 Å². The van der Waals surface area contributed by atoms with Gasteiger partial charge in [-0.3, -0.25) is 0 Å². The number of aliphatic hydroxyl groups is 1. The van der Waals surface area contributed by atoms with Gasteiger partial charge in [-0.05, 0) is 58.5 Å². The minimum Gasteiger partial charge on any atom is -0.388 e. The lowest BCUT2D eigenvalue weighted by atomic mass is 9.77. The first kappa shape index (κ1) is 18.4. The largest absolute Gasteiger partial charge is 0.388 e. The maximum Gasteiger partial charge on any atom is 0.248 e. The van der Waals surface area contributed by atoms with E-state index in [1.807, 2.05) is 11.4 Å². The minimum absolute atomic E-state index is 0. The molecule has 0 saturated heterocycles. The molecule has 0 aliphatic heterocycles. The van der Waals surface area contributed by atoms with Crippen LogP contribution in [0.3, 0.4) is 0 Å². The predicted molar refractivity (Wildman–Crippen MR) is 88.0 cm³/mol. The molecule has 1 heterocycles. The van der Waals surface area contributed by atoms with Crippen LogP contribution in [0.4, 0.5) is 8.78 Å². The van der Waals surface area contributed by atoms with E-state index in [1.165, 1.54) is 11.3 Å². The number of alkyl halides is 2. The number of thiophene rings is 1. The highest BCUT2D eigenvalue weighted by molar-refractivity contribution is 9.10. The van der Waals surface area contributed by atoms with Crippen LogP contribution in [0.5, 0.6) is 0 Å². The van der Waals surface area contributed by atoms with Crippen LogP contribution in [0.25, 0.3) is 0 Å². The number of hydrogen-bond donors (Lipinski definition) is 1. The lowest BCUT2D eigenvalue weighted by Gasteiger charge is -2.32. The Morgan fingerprint density at radius 1 is 1.45 bits per heavy atom. The highest BCUT2D eigenvalue weighted by Gasteiger charge is 2.37. The normalized spacial score (nSPS) is 22.1. The van der Waals surface area contributed by atoms with Crippen LogP contribution in [0, 0.1) is 11.8 Å². The van der Waals surface area contributed by atoms with Gasteiger partial charge in [0.25, 0.3) is 0 Å². The third-order valence-electron chi connectivity index (χ3n) is 4.11. The maximum absolute atomic E-state index is 13.1. The molecular weight excluding hydrogens is 366 g/mol. The van der Waals surface area contributed by atoms with Gasteiger partial charge in [0.15, 0.2) is 0 Å². The van der Waals surface area contributed by atoms with E-state index in [0.717, 1.165) is 9.35 Å². The van der Waals surface area contributed by atoms with Gasteiger partial charge in [-0.25, -0.2) is 8.78 Å². The predicted octanol–water partition coefficient (Wildman–Crippen LogP) is 5.51. The molecule has 1 fully saturated rings. The molecule has 2 rings (SSSR count). The van der Waals surface area contributed by atoms with E-state index in [-0.39, 0.29) is 32.3 Å². The summed E-state index contributed by atoms with van der Waals surface area (Å²) in [7, 11) is 0.